The SMILES string of the molecule is C=CCOc1cc(OC(=S)N2CCOCC2)ccc1Cl. The summed E-state index contributed by atoms with van der Waals surface area (Å²) in [5.74, 6) is 1.15. The fraction of sp³-hybridized carbons (Fsp3) is 0.357. The predicted molar refractivity (Wildman–Crippen MR) is 82.8 cm³/mol. The van der Waals surface area contributed by atoms with Crippen LogP contribution in [0.3, 0.4) is 0 Å². The largest absolute Gasteiger partial charge is 0.488 e. The summed E-state index contributed by atoms with van der Waals surface area (Å²) >= 11 is 11.3. The lowest BCUT2D eigenvalue weighted by molar-refractivity contribution is 0.0631. The van der Waals surface area contributed by atoms with E-state index in [9.17, 15) is 0 Å². The van der Waals surface area contributed by atoms with Crippen molar-refractivity contribution in [2.75, 3.05) is 32.9 Å². The Labute approximate surface area is 128 Å². The molecule has 0 bridgehead atoms. The molecule has 0 saturated carbocycles. The van der Waals surface area contributed by atoms with Crippen LogP contribution < -0.4 is 9.47 Å². The van der Waals surface area contributed by atoms with Crippen molar-refractivity contribution < 1.29 is 14.2 Å². The number of morpholine rings is 1. The van der Waals surface area contributed by atoms with Crippen molar-refractivity contribution in [3.63, 3.8) is 0 Å². The summed E-state index contributed by atoms with van der Waals surface area (Å²) in [5.41, 5.74) is 0. The van der Waals surface area contributed by atoms with Gasteiger partial charge in [0.2, 0.25) is 0 Å². The maximum absolute atomic E-state index is 6.04. The average Bonchev–Trinajstić information content (AvgIpc) is 2.48. The van der Waals surface area contributed by atoms with Gasteiger partial charge in [-0.2, -0.15) is 0 Å². The Morgan fingerprint density at radius 2 is 2.20 bits per heavy atom. The van der Waals surface area contributed by atoms with E-state index in [1.807, 2.05) is 4.90 Å². The lowest BCUT2D eigenvalue weighted by Gasteiger charge is -2.28. The van der Waals surface area contributed by atoms with E-state index in [0.717, 1.165) is 13.1 Å². The molecular weight excluding hydrogens is 298 g/mol. The summed E-state index contributed by atoms with van der Waals surface area (Å²) in [7, 11) is 0. The lowest BCUT2D eigenvalue weighted by atomic mass is 10.3. The molecule has 1 aliphatic rings. The van der Waals surface area contributed by atoms with Gasteiger partial charge in [-0.25, -0.2) is 0 Å². The molecule has 1 aromatic carbocycles. The third-order valence-corrected chi connectivity index (χ3v) is 3.39. The van der Waals surface area contributed by atoms with Crippen LogP contribution in [0.1, 0.15) is 0 Å². The maximum atomic E-state index is 6.04. The van der Waals surface area contributed by atoms with E-state index < -0.39 is 0 Å². The van der Waals surface area contributed by atoms with Gasteiger partial charge in [0.05, 0.1) is 18.2 Å². The van der Waals surface area contributed by atoms with Gasteiger partial charge in [-0.15, -0.1) is 0 Å². The molecule has 0 N–H and O–H groups in total. The van der Waals surface area contributed by atoms with Crippen LogP contribution >= 0.6 is 23.8 Å². The molecule has 0 unspecified atom stereocenters. The number of benzene rings is 1. The minimum Gasteiger partial charge on any atom is -0.488 e. The van der Waals surface area contributed by atoms with E-state index >= 15 is 0 Å². The minimum absolute atomic E-state index is 0.386. The summed E-state index contributed by atoms with van der Waals surface area (Å²) in [6.07, 6.45) is 1.65. The molecule has 6 heteroatoms. The fourth-order valence-electron chi connectivity index (χ4n) is 1.72. The molecule has 0 aromatic heterocycles. The normalized spacial score (nSPS) is 14.8. The summed E-state index contributed by atoms with van der Waals surface area (Å²) < 4.78 is 16.4. The van der Waals surface area contributed by atoms with Gasteiger partial charge in [0.15, 0.2) is 0 Å². The van der Waals surface area contributed by atoms with Gasteiger partial charge < -0.3 is 19.1 Å². The first-order valence-corrected chi connectivity index (χ1v) is 7.07. The Morgan fingerprint density at radius 1 is 1.45 bits per heavy atom. The molecule has 0 atom stereocenters. The number of thiocarbonyl (C=S) groups is 1. The molecule has 0 spiro atoms. The van der Waals surface area contributed by atoms with Gasteiger partial charge in [-0.1, -0.05) is 24.3 Å². The molecule has 20 heavy (non-hydrogen) atoms. The first-order valence-electron chi connectivity index (χ1n) is 6.28. The van der Waals surface area contributed by atoms with E-state index in [2.05, 4.69) is 6.58 Å². The van der Waals surface area contributed by atoms with Crippen molar-refractivity contribution >= 4 is 29.0 Å². The predicted octanol–water partition coefficient (Wildman–Crippen LogP) is 2.90. The first kappa shape index (κ1) is 15.1. The number of rotatable bonds is 4. The second kappa shape index (κ2) is 7.47. The van der Waals surface area contributed by atoms with Crippen LogP contribution in [0, 0.1) is 0 Å². The molecule has 1 saturated heterocycles. The van der Waals surface area contributed by atoms with Crippen molar-refractivity contribution in [1.82, 2.24) is 4.90 Å². The van der Waals surface area contributed by atoms with Crippen LogP contribution in [0.5, 0.6) is 11.5 Å². The fourth-order valence-corrected chi connectivity index (χ4v) is 2.17. The molecule has 2 rings (SSSR count). The Hall–Kier alpha value is -1.30. The van der Waals surface area contributed by atoms with Crippen molar-refractivity contribution in [2.45, 2.75) is 0 Å². The zero-order valence-electron chi connectivity index (χ0n) is 11.0. The van der Waals surface area contributed by atoms with Crippen LogP contribution in [0.25, 0.3) is 0 Å². The van der Waals surface area contributed by atoms with Crippen LogP contribution in [0.15, 0.2) is 30.9 Å². The Balaban J connectivity index is 2.01. The minimum atomic E-state index is 0.386. The van der Waals surface area contributed by atoms with E-state index in [-0.39, 0.29) is 0 Å². The quantitative estimate of drug-likeness (QED) is 0.630. The van der Waals surface area contributed by atoms with Gasteiger partial charge >= 0.3 is 0 Å². The molecular formula is C14H16ClNO3S. The van der Waals surface area contributed by atoms with E-state index in [1.54, 1.807) is 24.3 Å². The highest BCUT2D eigenvalue weighted by molar-refractivity contribution is 7.80. The zero-order chi connectivity index (χ0) is 14.4. The lowest BCUT2D eigenvalue weighted by Crippen LogP contribution is -2.42. The summed E-state index contributed by atoms with van der Waals surface area (Å²) in [5, 5.41) is 0.960. The molecule has 0 amide bonds. The molecule has 0 radical (unpaired) electrons. The molecule has 1 fully saturated rings. The molecule has 0 aliphatic carbocycles. The van der Waals surface area contributed by atoms with Gasteiger partial charge in [0.25, 0.3) is 5.17 Å². The number of nitrogens with zero attached hydrogens (tertiary/aromatic N) is 1. The number of ether oxygens (including phenoxy) is 3. The molecule has 108 valence electrons. The van der Waals surface area contributed by atoms with Crippen molar-refractivity contribution in [3.05, 3.63) is 35.9 Å². The highest BCUT2D eigenvalue weighted by Gasteiger charge is 2.16. The zero-order valence-corrected chi connectivity index (χ0v) is 12.6. The van der Waals surface area contributed by atoms with Gasteiger partial charge in [0, 0.05) is 19.2 Å². The Morgan fingerprint density at radius 3 is 2.90 bits per heavy atom. The van der Waals surface area contributed by atoms with Crippen molar-refractivity contribution in [3.8, 4) is 11.5 Å². The van der Waals surface area contributed by atoms with Crippen LogP contribution in [-0.4, -0.2) is 43.0 Å². The molecule has 1 heterocycles. The standard InChI is InChI=1S/C14H16ClNO3S/c1-2-7-18-13-10-11(3-4-12(13)15)19-14(20)16-5-8-17-9-6-16/h2-4,10H,1,5-9H2. The van der Waals surface area contributed by atoms with Gasteiger partial charge in [0.1, 0.15) is 18.1 Å². The van der Waals surface area contributed by atoms with Crippen LogP contribution in [0.4, 0.5) is 0 Å². The van der Waals surface area contributed by atoms with E-state index in [4.69, 9.17) is 38.0 Å². The highest BCUT2D eigenvalue weighted by atomic mass is 35.5. The van der Waals surface area contributed by atoms with Gasteiger partial charge in [-0.05, 0) is 24.4 Å². The second-order valence-electron chi connectivity index (χ2n) is 4.16. The van der Waals surface area contributed by atoms with E-state index in [0.29, 0.717) is 41.5 Å². The Kier molecular flexibility index (Phi) is 5.64. The molecule has 1 aliphatic heterocycles. The second-order valence-corrected chi connectivity index (χ2v) is 4.92. The summed E-state index contributed by atoms with van der Waals surface area (Å²) in [6.45, 7) is 6.80. The summed E-state index contributed by atoms with van der Waals surface area (Å²) in [4.78, 5) is 1.97. The third-order valence-electron chi connectivity index (χ3n) is 2.73. The molecule has 1 aromatic rings. The number of hydrogen-bond donors (Lipinski definition) is 0. The topological polar surface area (TPSA) is 30.9 Å². The first-order chi connectivity index (χ1) is 9.70. The maximum Gasteiger partial charge on any atom is 0.265 e. The smallest absolute Gasteiger partial charge is 0.265 e. The molecule has 4 nitrogen and oxygen atoms in total. The Bertz CT molecular complexity index is 489. The summed E-state index contributed by atoms with van der Waals surface area (Å²) in [6, 6.07) is 5.20. The van der Waals surface area contributed by atoms with Crippen LogP contribution in [-0.2, 0) is 4.74 Å². The monoisotopic (exact) mass is 313 g/mol. The highest BCUT2D eigenvalue weighted by Crippen LogP contribution is 2.29. The van der Waals surface area contributed by atoms with Crippen molar-refractivity contribution in [2.24, 2.45) is 0 Å². The average molecular weight is 314 g/mol. The number of halogens is 1. The van der Waals surface area contributed by atoms with Crippen LogP contribution in [0.2, 0.25) is 5.02 Å². The third kappa shape index (κ3) is 4.10. The van der Waals surface area contributed by atoms with Crippen molar-refractivity contribution in [1.29, 1.82) is 0 Å². The van der Waals surface area contributed by atoms with Gasteiger partial charge in [-0.3, -0.25) is 0 Å². The number of hydrogen-bond acceptors (Lipinski definition) is 4. The van der Waals surface area contributed by atoms with E-state index in [1.165, 1.54) is 0 Å².